The van der Waals surface area contributed by atoms with E-state index in [0.717, 1.165) is 11.1 Å². The van der Waals surface area contributed by atoms with Gasteiger partial charge in [0.25, 0.3) is 0 Å². The van der Waals surface area contributed by atoms with Crippen molar-refractivity contribution in [3.05, 3.63) is 83.9 Å². The standard InChI is InChI=1S/C21H15FN2O2/c1-24-12-18(17-9-10-23-21(26)19(17)24)20(25)15-4-2-3-14(11-15)13-5-7-16(22)8-6-13/h2-12H,1H3,(H,23,26). The van der Waals surface area contributed by atoms with E-state index in [1.807, 2.05) is 6.07 Å². The Morgan fingerprint density at radius 3 is 2.62 bits per heavy atom. The van der Waals surface area contributed by atoms with Crippen LogP contribution in [0.5, 0.6) is 5.88 Å². The number of aromatic hydroxyl groups is 1. The third kappa shape index (κ3) is 2.63. The van der Waals surface area contributed by atoms with Crippen LogP contribution in [0.1, 0.15) is 15.9 Å². The number of hydrogen-bond acceptors (Lipinski definition) is 3. The molecule has 0 saturated heterocycles. The Bertz CT molecular complexity index is 1130. The Morgan fingerprint density at radius 2 is 1.85 bits per heavy atom. The molecule has 0 aliphatic heterocycles. The summed E-state index contributed by atoms with van der Waals surface area (Å²) >= 11 is 0. The molecular weight excluding hydrogens is 331 g/mol. The Morgan fingerprint density at radius 1 is 1.08 bits per heavy atom. The summed E-state index contributed by atoms with van der Waals surface area (Å²) in [7, 11) is 1.76. The molecule has 26 heavy (non-hydrogen) atoms. The predicted molar refractivity (Wildman–Crippen MR) is 97.6 cm³/mol. The Labute approximate surface area is 149 Å². The Hall–Kier alpha value is -3.47. The van der Waals surface area contributed by atoms with E-state index in [2.05, 4.69) is 4.98 Å². The maximum Gasteiger partial charge on any atom is 0.236 e. The average Bonchev–Trinajstić information content (AvgIpc) is 3.00. The molecule has 2 aromatic heterocycles. The zero-order valence-corrected chi connectivity index (χ0v) is 14.0. The highest BCUT2D eigenvalue weighted by atomic mass is 19.1. The SMILES string of the molecule is Cn1cc(C(=O)c2cccc(-c3ccc(F)cc3)c2)c2ccnc(O)c21. The number of aromatic nitrogens is 2. The van der Waals surface area contributed by atoms with Crippen LogP contribution in [-0.2, 0) is 7.05 Å². The summed E-state index contributed by atoms with van der Waals surface area (Å²) < 4.78 is 14.8. The molecule has 0 atom stereocenters. The third-order valence-corrected chi connectivity index (χ3v) is 4.42. The lowest BCUT2D eigenvalue weighted by molar-refractivity contribution is 0.104. The number of hydrogen-bond donors (Lipinski definition) is 1. The number of aryl methyl sites for hydroxylation is 1. The van der Waals surface area contributed by atoms with Crippen LogP contribution in [0.3, 0.4) is 0 Å². The molecule has 4 rings (SSSR count). The van der Waals surface area contributed by atoms with Crippen molar-refractivity contribution in [2.24, 2.45) is 7.05 Å². The highest BCUT2D eigenvalue weighted by Crippen LogP contribution is 2.29. The summed E-state index contributed by atoms with van der Waals surface area (Å²) in [5.41, 5.74) is 3.21. The fraction of sp³-hybridized carbons (Fsp3) is 0.0476. The first-order valence-corrected chi connectivity index (χ1v) is 8.08. The first kappa shape index (κ1) is 16.0. The van der Waals surface area contributed by atoms with Crippen LogP contribution in [0.2, 0.25) is 0 Å². The van der Waals surface area contributed by atoms with E-state index in [4.69, 9.17) is 0 Å². The van der Waals surface area contributed by atoms with Crippen LogP contribution >= 0.6 is 0 Å². The van der Waals surface area contributed by atoms with Crippen LogP contribution in [0.15, 0.2) is 67.0 Å². The minimum Gasteiger partial charge on any atom is -0.492 e. The lowest BCUT2D eigenvalue weighted by Gasteiger charge is -2.05. The van der Waals surface area contributed by atoms with Crippen molar-refractivity contribution >= 4 is 16.7 Å². The molecule has 0 radical (unpaired) electrons. The number of benzene rings is 2. The Balaban J connectivity index is 1.79. The van der Waals surface area contributed by atoms with Crippen molar-refractivity contribution in [3.8, 4) is 17.0 Å². The number of rotatable bonds is 3. The van der Waals surface area contributed by atoms with Gasteiger partial charge in [0.05, 0.1) is 0 Å². The van der Waals surface area contributed by atoms with E-state index >= 15 is 0 Å². The van der Waals surface area contributed by atoms with Crippen LogP contribution in [0, 0.1) is 5.82 Å². The van der Waals surface area contributed by atoms with E-state index < -0.39 is 0 Å². The van der Waals surface area contributed by atoms with E-state index in [0.29, 0.717) is 22.0 Å². The highest BCUT2D eigenvalue weighted by molar-refractivity contribution is 6.17. The molecule has 0 amide bonds. The van der Waals surface area contributed by atoms with Crippen molar-refractivity contribution in [1.82, 2.24) is 9.55 Å². The summed E-state index contributed by atoms with van der Waals surface area (Å²) in [6.07, 6.45) is 3.17. The molecule has 0 saturated carbocycles. The second-order valence-electron chi connectivity index (χ2n) is 6.10. The summed E-state index contributed by atoms with van der Waals surface area (Å²) in [4.78, 5) is 16.9. The van der Waals surface area contributed by atoms with Crippen molar-refractivity contribution in [1.29, 1.82) is 0 Å². The van der Waals surface area contributed by atoms with Gasteiger partial charge in [-0.25, -0.2) is 9.37 Å². The lowest BCUT2D eigenvalue weighted by Crippen LogP contribution is -2.00. The fourth-order valence-corrected chi connectivity index (χ4v) is 3.15. The van der Waals surface area contributed by atoms with Gasteiger partial charge in [-0.3, -0.25) is 4.79 Å². The van der Waals surface area contributed by atoms with E-state index in [-0.39, 0.29) is 17.5 Å². The van der Waals surface area contributed by atoms with Crippen molar-refractivity contribution in [2.75, 3.05) is 0 Å². The molecule has 128 valence electrons. The molecular formula is C21H15FN2O2. The van der Waals surface area contributed by atoms with Crippen LogP contribution in [0.25, 0.3) is 22.0 Å². The van der Waals surface area contributed by atoms with Gasteiger partial charge in [0.1, 0.15) is 11.3 Å². The maximum absolute atomic E-state index is 13.1. The Kier molecular flexibility index (Phi) is 3.77. The zero-order chi connectivity index (χ0) is 18.3. The monoisotopic (exact) mass is 346 g/mol. The van der Waals surface area contributed by atoms with E-state index in [1.54, 1.807) is 54.2 Å². The molecule has 0 unspecified atom stereocenters. The van der Waals surface area contributed by atoms with Crippen LogP contribution < -0.4 is 0 Å². The number of pyridine rings is 1. The van der Waals surface area contributed by atoms with Gasteiger partial charge >= 0.3 is 0 Å². The first-order chi connectivity index (χ1) is 12.5. The number of fused-ring (bicyclic) bond motifs is 1. The molecule has 0 fully saturated rings. The number of ketones is 1. The fourth-order valence-electron chi connectivity index (χ4n) is 3.15. The largest absolute Gasteiger partial charge is 0.492 e. The van der Waals surface area contributed by atoms with Gasteiger partial charge < -0.3 is 9.67 Å². The second-order valence-corrected chi connectivity index (χ2v) is 6.10. The molecule has 4 nitrogen and oxygen atoms in total. The topological polar surface area (TPSA) is 55.1 Å². The maximum atomic E-state index is 13.1. The van der Waals surface area contributed by atoms with Crippen molar-refractivity contribution in [2.45, 2.75) is 0 Å². The molecule has 0 bridgehead atoms. The minimum absolute atomic E-state index is 0.107. The van der Waals surface area contributed by atoms with Gasteiger partial charge in [-0.2, -0.15) is 0 Å². The summed E-state index contributed by atoms with van der Waals surface area (Å²) in [5.74, 6) is -0.556. The number of carbonyl (C=O) groups is 1. The lowest BCUT2D eigenvalue weighted by atomic mass is 9.98. The predicted octanol–water partition coefficient (Wildman–Crippen LogP) is 4.32. The highest BCUT2D eigenvalue weighted by Gasteiger charge is 2.18. The average molecular weight is 346 g/mol. The van der Waals surface area contributed by atoms with E-state index in [1.165, 1.54) is 18.3 Å². The molecule has 2 aromatic carbocycles. The minimum atomic E-state index is -0.301. The summed E-state index contributed by atoms with van der Waals surface area (Å²) in [6.45, 7) is 0. The third-order valence-electron chi connectivity index (χ3n) is 4.42. The molecule has 0 spiro atoms. The normalized spacial score (nSPS) is 11.0. The van der Waals surface area contributed by atoms with Gasteiger partial charge in [-0.15, -0.1) is 0 Å². The van der Waals surface area contributed by atoms with Crippen LogP contribution in [-0.4, -0.2) is 20.4 Å². The van der Waals surface area contributed by atoms with Gasteiger partial charge in [-0.1, -0.05) is 30.3 Å². The molecule has 5 heteroatoms. The van der Waals surface area contributed by atoms with Crippen molar-refractivity contribution < 1.29 is 14.3 Å². The molecule has 4 aromatic rings. The summed E-state index contributed by atoms with van der Waals surface area (Å²) in [6, 6.07) is 15.1. The van der Waals surface area contributed by atoms with Gasteiger partial charge in [0.15, 0.2) is 5.78 Å². The number of carbonyl (C=O) groups excluding carboxylic acids is 1. The number of nitrogens with zero attached hydrogens (tertiary/aromatic N) is 2. The second kappa shape index (κ2) is 6.11. The van der Waals surface area contributed by atoms with Crippen molar-refractivity contribution in [3.63, 3.8) is 0 Å². The molecule has 0 aliphatic rings. The summed E-state index contributed by atoms with van der Waals surface area (Å²) in [5, 5.41) is 10.6. The molecule has 1 N–H and O–H groups in total. The van der Waals surface area contributed by atoms with Gasteiger partial charge in [0.2, 0.25) is 5.88 Å². The van der Waals surface area contributed by atoms with Gasteiger partial charge in [0, 0.05) is 36.0 Å². The van der Waals surface area contributed by atoms with E-state index in [9.17, 15) is 14.3 Å². The first-order valence-electron chi connectivity index (χ1n) is 8.08. The van der Waals surface area contributed by atoms with Gasteiger partial charge in [-0.05, 0) is 35.4 Å². The number of halogens is 1. The quantitative estimate of drug-likeness (QED) is 0.562. The molecule has 2 heterocycles. The smallest absolute Gasteiger partial charge is 0.236 e. The van der Waals surface area contributed by atoms with Crippen LogP contribution in [0.4, 0.5) is 4.39 Å². The zero-order valence-electron chi connectivity index (χ0n) is 14.0. The molecule has 0 aliphatic carbocycles.